The normalized spacial score (nSPS) is 11.0. The van der Waals surface area contributed by atoms with Crippen LogP contribution in [0.25, 0.3) is 11.3 Å². The van der Waals surface area contributed by atoms with Gasteiger partial charge in [0, 0.05) is 31.7 Å². The molecular formula is C20H24FN5O. The van der Waals surface area contributed by atoms with Crippen molar-refractivity contribution in [2.24, 2.45) is 0 Å². The molecule has 0 spiro atoms. The first-order chi connectivity index (χ1) is 13.3. The summed E-state index contributed by atoms with van der Waals surface area (Å²) in [5.74, 6) is -0.253. The molecule has 0 aliphatic rings. The molecule has 1 heterocycles. The lowest BCUT2D eigenvalue weighted by Crippen LogP contribution is -2.29. The summed E-state index contributed by atoms with van der Waals surface area (Å²) in [6.07, 6.45) is 0. The summed E-state index contributed by atoms with van der Waals surface area (Å²) in [4.78, 5) is 1.65. The number of nitrogens with zero attached hydrogens (tertiary/aromatic N) is 3. The predicted octanol–water partition coefficient (Wildman–Crippen LogP) is 1.80. The highest BCUT2D eigenvalue weighted by molar-refractivity contribution is 5.60. The highest BCUT2D eigenvalue weighted by Crippen LogP contribution is 2.20. The second-order valence-electron chi connectivity index (χ2n) is 6.17. The Balaban J connectivity index is 1.71. The van der Waals surface area contributed by atoms with Gasteiger partial charge >= 0.3 is 0 Å². The zero-order chi connectivity index (χ0) is 18.9. The monoisotopic (exact) mass is 369 g/mol. The largest absolute Gasteiger partial charge is 0.395 e. The summed E-state index contributed by atoms with van der Waals surface area (Å²) in [7, 11) is 0. The van der Waals surface area contributed by atoms with Gasteiger partial charge in [0.25, 0.3) is 0 Å². The quantitative estimate of drug-likeness (QED) is 0.475. The van der Waals surface area contributed by atoms with Gasteiger partial charge in [0.1, 0.15) is 17.2 Å². The third-order valence-electron chi connectivity index (χ3n) is 4.07. The lowest BCUT2D eigenvalue weighted by molar-refractivity contribution is 0.292. The Morgan fingerprint density at radius 3 is 2.37 bits per heavy atom. The first-order valence-electron chi connectivity index (χ1n) is 9.02. The van der Waals surface area contributed by atoms with Gasteiger partial charge in [-0.3, -0.25) is 0 Å². The average molecular weight is 369 g/mol. The highest BCUT2D eigenvalue weighted by atomic mass is 19.1. The zero-order valence-electron chi connectivity index (χ0n) is 15.1. The number of hydrogen-bond donors (Lipinski definition) is 3. The Morgan fingerprint density at radius 2 is 1.63 bits per heavy atom. The SMILES string of the molecule is OCCNCCNCc1nn(Cc2ccc(F)cc2)nc1-c1ccccc1. The molecule has 0 saturated heterocycles. The third-order valence-corrected chi connectivity index (χ3v) is 4.07. The molecule has 3 aromatic rings. The predicted molar refractivity (Wildman–Crippen MR) is 103 cm³/mol. The number of nitrogens with one attached hydrogen (secondary N) is 2. The van der Waals surface area contributed by atoms with E-state index in [-0.39, 0.29) is 12.4 Å². The summed E-state index contributed by atoms with van der Waals surface area (Å²) >= 11 is 0. The lowest BCUT2D eigenvalue weighted by Gasteiger charge is -2.05. The lowest BCUT2D eigenvalue weighted by atomic mass is 10.1. The van der Waals surface area contributed by atoms with Crippen LogP contribution >= 0.6 is 0 Å². The molecule has 0 amide bonds. The molecule has 2 aromatic carbocycles. The van der Waals surface area contributed by atoms with E-state index < -0.39 is 0 Å². The van der Waals surface area contributed by atoms with E-state index in [1.54, 1.807) is 16.9 Å². The standard InChI is InChI=1S/C20H24FN5O/c21-18-8-6-16(7-9-18)15-26-24-19(14-23-11-10-22-12-13-27)20(25-26)17-4-2-1-3-5-17/h1-9,22-23,27H,10-15H2. The molecule has 0 fully saturated rings. The molecule has 7 heteroatoms. The number of hydrogen-bond acceptors (Lipinski definition) is 5. The fourth-order valence-electron chi connectivity index (χ4n) is 2.73. The maximum absolute atomic E-state index is 13.1. The second-order valence-corrected chi connectivity index (χ2v) is 6.17. The van der Waals surface area contributed by atoms with Crippen molar-refractivity contribution in [3.63, 3.8) is 0 Å². The molecule has 0 aliphatic carbocycles. The zero-order valence-corrected chi connectivity index (χ0v) is 15.1. The maximum Gasteiger partial charge on any atom is 0.123 e. The van der Waals surface area contributed by atoms with Crippen molar-refractivity contribution in [2.75, 3.05) is 26.2 Å². The minimum atomic E-state index is -0.253. The van der Waals surface area contributed by atoms with Crippen molar-refractivity contribution in [1.82, 2.24) is 25.6 Å². The van der Waals surface area contributed by atoms with Gasteiger partial charge in [0.15, 0.2) is 0 Å². The van der Waals surface area contributed by atoms with E-state index in [0.717, 1.165) is 35.6 Å². The average Bonchev–Trinajstić information content (AvgIpc) is 3.10. The van der Waals surface area contributed by atoms with Gasteiger partial charge < -0.3 is 15.7 Å². The van der Waals surface area contributed by atoms with Crippen LogP contribution in [0.5, 0.6) is 0 Å². The van der Waals surface area contributed by atoms with Gasteiger partial charge in [0.2, 0.25) is 0 Å². The number of aromatic nitrogens is 3. The van der Waals surface area contributed by atoms with Gasteiger partial charge in [-0.1, -0.05) is 42.5 Å². The Kier molecular flexibility index (Phi) is 7.04. The number of benzene rings is 2. The molecule has 6 nitrogen and oxygen atoms in total. The van der Waals surface area contributed by atoms with Crippen molar-refractivity contribution in [3.8, 4) is 11.3 Å². The second kappa shape index (κ2) is 9.91. The summed E-state index contributed by atoms with van der Waals surface area (Å²) < 4.78 is 13.1. The molecule has 0 unspecified atom stereocenters. The molecule has 142 valence electrons. The van der Waals surface area contributed by atoms with Gasteiger partial charge in [-0.2, -0.15) is 15.0 Å². The Morgan fingerprint density at radius 1 is 0.889 bits per heavy atom. The van der Waals surface area contributed by atoms with Crippen LogP contribution in [0.2, 0.25) is 0 Å². The van der Waals surface area contributed by atoms with Crippen molar-refractivity contribution >= 4 is 0 Å². The van der Waals surface area contributed by atoms with Gasteiger partial charge in [-0.15, -0.1) is 0 Å². The van der Waals surface area contributed by atoms with E-state index in [4.69, 9.17) is 5.11 Å². The minimum absolute atomic E-state index is 0.135. The van der Waals surface area contributed by atoms with E-state index in [2.05, 4.69) is 20.8 Å². The Hall–Kier alpha value is -2.61. The molecule has 0 bridgehead atoms. The molecule has 27 heavy (non-hydrogen) atoms. The Labute approximate surface area is 158 Å². The van der Waals surface area contributed by atoms with Crippen LogP contribution in [0.4, 0.5) is 4.39 Å². The van der Waals surface area contributed by atoms with Crippen LogP contribution in [0, 0.1) is 5.82 Å². The van der Waals surface area contributed by atoms with E-state index in [1.165, 1.54) is 12.1 Å². The van der Waals surface area contributed by atoms with Crippen molar-refractivity contribution in [1.29, 1.82) is 0 Å². The van der Waals surface area contributed by atoms with Crippen molar-refractivity contribution in [3.05, 3.63) is 71.7 Å². The van der Waals surface area contributed by atoms with Gasteiger partial charge in [0.05, 0.1) is 13.2 Å². The topological polar surface area (TPSA) is 75.0 Å². The number of aliphatic hydroxyl groups is 1. The van der Waals surface area contributed by atoms with Gasteiger partial charge in [-0.05, 0) is 17.7 Å². The van der Waals surface area contributed by atoms with Crippen molar-refractivity contribution < 1.29 is 9.50 Å². The van der Waals surface area contributed by atoms with E-state index >= 15 is 0 Å². The van der Waals surface area contributed by atoms with Crippen LogP contribution in [-0.4, -0.2) is 46.3 Å². The minimum Gasteiger partial charge on any atom is -0.395 e. The van der Waals surface area contributed by atoms with Gasteiger partial charge in [-0.25, -0.2) is 4.39 Å². The first-order valence-corrected chi connectivity index (χ1v) is 9.02. The molecule has 3 N–H and O–H groups in total. The highest BCUT2D eigenvalue weighted by Gasteiger charge is 2.13. The van der Waals surface area contributed by atoms with Crippen LogP contribution in [0.15, 0.2) is 54.6 Å². The molecule has 0 atom stereocenters. The van der Waals surface area contributed by atoms with Crippen LogP contribution in [-0.2, 0) is 13.1 Å². The van der Waals surface area contributed by atoms with Crippen LogP contribution in [0.3, 0.4) is 0 Å². The first kappa shape index (κ1) is 19.2. The van der Waals surface area contributed by atoms with E-state index in [0.29, 0.717) is 19.6 Å². The van der Waals surface area contributed by atoms with Crippen molar-refractivity contribution in [2.45, 2.75) is 13.1 Å². The maximum atomic E-state index is 13.1. The molecule has 3 rings (SSSR count). The molecule has 0 aliphatic heterocycles. The fourth-order valence-corrected chi connectivity index (χ4v) is 2.73. The summed E-state index contributed by atoms with van der Waals surface area (Å²) in [6, 6.07) is 16.3. The van der Waals surface area contributed by atoms with E-state index in [9.17, 15) is 4.39 Å². The Bertz CT molecular complexity index is 820. The van der Waals surface area contributed by atoms with Crippen LogP contribution < -0.4 is 10.6 Å². The number of halogens is 1. The smallest absolute Gasteiger partial charge is 0.123 e. The van der Waals surface area contributed by atoms with E-state index in [1.807, 2.05) is 30.3 Å². The van der Waals surface area contributed by atoms with Crippen LogP contribution in [0.1, 0.15) is 11.3 Å². The number of aliphatic hydroxyl groups excluding tert-OH is 1. The number of rotatable bonds is 10. The summed E-state index contributed by atoms with van der Waals surface area (Å²) in [5.41, 5.74) is 3.66. The molecule has 0 saturated carbocycles. The summed E-state index contributed by atoms with van der Waals surface area (Å²) in [6.45, 7) is 3.33. The molecule has 1 aromatic heterocycles. The third kappa shape index (κ3) is 5.68. The fraction of sp³-hybridized carbons (Fsp3) is 0.300. The molecular weight excluding hydrogens is 345 g/mol. The molecule has 0 radical (unpaired) electrons. The summed E-state index contributed by atoms with van der Waals surface area (Å²) in [5, 5.41) is 24.5.